The van der Waals surface area contributed by atoms with Gasteiger partial charge in [-0.05, 0) is 30.5 Å². The third-order valence-corrected chi connectivity index (χ3v) is 5.15. The molecule has 1 unspecified atom stereocenters. The lowest BCUT2D eigenvalue weighted by molar-refractivity contribution is 0.116. The Bertz CT molecular complexity index is 500. The molecule has 0 bridgehead atoms. The number of benzene rings is 1. The summed E-state index contributed by atoms with van der Waals surface area (Å²) in [7, 11) is -3.51. The topological polar surface area (TPSA) is 55.4 Å². The summed E-state index contributed by atoms with van der Waals surface area (Å²) in [4.78, 5) is 0.282. The van der Waals surface area contributed by atoms with Gasteiger partial charge in [0.25, 0.3) is 0 Å². The van der Waals surface area contributed by atoms with E-state index in [1.807, 2.05) is 20.8 Å². The summed E-state index contributed by atoms with van der Waals surface area (Å²) in [6.07, 6.45) is 0. The van der Waals surface area contributed by atoms with Crippen molar-refractivity contribution in [2.75, 3.05) is 13.2 Å². The first-order valence-electron chi connectivity index (χ1n) is 6.65. The largest absolute Gasteiger partial charge is 0.380 e. The molecule has 1 aromatic rings. The molecule has 4 nitrogen and oxygen atoms in total. The highest BCUT2D eigenvalue weighted by molar-refractivity contribution is 9.08. The molecule has 0 heterocycles. The van der Waals surface area contributed by atoms with Gasteiger partial charge in [0.1, 0.15) is 0 Å². The molecule has 0 aliphatic carbocycles. The quantitative estimate of drug-likeness (QED) is 0.722. The number of sulfonamides is 1. The Hall–Kier alpha value is -0.430. The second kappa shape index (κ2) is 8.12. The van der Waals surface area contributed by atoms with Crippen LogP contribution in [-0.4, -0.2) is 27.7 Å². The summed E-state index contributed by atoms with van der Waals surface area (Å²) in [6.45, 7) is 6.79. The van der Waals surface area contributed by atoms with Gasteiger partial charge in [-0.1, -0.05) is 41.9 Å². The molecule has 0 amide bonds. The maximum Gasteiger partial charge on any atom is 0.240 e. The van der Waals surface area contributed by atoms with Crippen LogP contribution in [0.3, 0.4) is 0 Å². The van der Waals surface area contributed by atoms with Crippen molar-refractivity contribution in [2.45, 2.75) is 37.0 Å². The summed E-state index contributed by atoms with van der Waals surface area (Å²) in [6, 6.07) is 6.62. The fourth-order valence-corrected chi connectivity index (χ4v) is 3.38. The number of hydrogen-bond acceptors (Lipinski definition) is 3. The van der Waals surface area contributed by atoms with E-state index in [9.17, 15) is 8.42 Å². The highest BCUT2D eigenvalue weighted by Gasteiger charge is 2.22. The number of ether oxygens (including phenoxy) is 1. The van der Waals surface area contributed by atoms with E-state index < -0.39 is 10.0 Å². The fourth-order valence-electron chi connectivity index (χ4n) is 1.63. The van der Waals surface area contributed by atoms with Crippen LogP contribution in [0.15, 0.2) is 29.2 Å². The van der Waals surface area contributed by atoms with Gasteiger partial charge in [-0.25, -0.2) is 13.1 Å². The number of hydrogen-bond donors (Lipinski definition) is 1. The normalized spacial score (nSPS) is 13.7. The van der Waals surface area contributed by atoms with Crippen molar-refractivity contribution < 1.29 is 13.2 Å². The lowest BCUT2D eigenvalue weighted by Gasteiger charge is -2.22. The Balaban J connectivity index is 2.85. The van der Waals surface area contributed by atoms with Gasteiger partial charge in [0, 0.05) is 18.0 Å². The van der Waals surface area contributed by atoms with E-state index in [1.54, 1.807) is 24.3 Å². The molecule has 20 heavy (non-hydrogen) atoms. The summed E-state index contributed by atoms with van der Waals surface area (Å²) >= 11 is 3.34. The van der Waals surface area contributed by atoms with Crippen LogP contribution in [0.4, 0.5) is 0 Å². The molecule has 6 heteroatoms. The van der Waals surface area contributed by atoms with Gasteiger partial charge >= 0.3 is 0 Å². The molecule has 0 spiro atoms. The Labute approximate surface area is 130 Å². The molecule has 0 radical (unpaired) electrons. The molecule has 0 saturated heterocycles. The molecular formula is C14H22BrNO3S. The van der Waals surface area contributed by atoms with Gasteiger partial charge < -0.3 is 4.74 Å². The average Bonchev–Trinajstić information content (AvgIpc) is 2.43. The van der Waals surface area contributed by atoms with Crippen molar-refractivity contribution in [2.24, 2.45) is 5.92 Å². The number of rotatable bonds is 8. The van der Waals surface area contributed by atoms with Crippen LogP contribution in [-0.2, 0) is 20.1 Å². The molecule has 114 valence electrons. The van der Waals surface area contributed by atoms with Crippen LogP contribution in [0, 0.1) is 5.92 Å². The Kier molecular flexibility index (Phi) is 7.15. The maximum atomic E-state index is 12.3. The van der Waals surface area contributed by atoms with E-state index in [0.717, 1.165) is 5.56 Å². The van der Waals surface area contributed by atoms with Crippen LogP contribution in [0.25, 0.3) is 0 Å². The zero-order valence-electron chi connectivity index (χ0n) is 12.1. The first kappa shape index (κ1) is 17.6. The molecule has 1 rings (SSSR count). The van der Waals surface area contributed by atoms with Gasteiger partial charge in [0.05, 0.1) is 11.5 Å². The van der Waals surface area contributed by atoms with Crippen molar-refractivity contribution in [3.05, 3.63) is 29.8 Å². The van der Waals surface area contributed by atoms with Crippen LogP contribution in [0.1, 0.15) is 26.3 Å². The molecule has 1 atom stereocenters. The zero-order valence-corrected chi connectivity index (χ0v) is 14.5. The van der Waals surface area contributed by atoms with Crippen LogP contribution >= 0.6 is 15.9 Å². The van der Waals surface area contributed by atoms with Gasteiger partial charge in [0.15, 0.2) is 0 Å². The van der Waals surface area contributed by atoms with Crippen molar-refractivity contribution in [1.82, 2.24) is 4.72 Å². The third-order valence-electron chi connectivity index (χ3n) is 3.00. The minimum absolute atomic E-state index is 0.165. The second-order valence-corrected chi connectivity index (χ2v) is 7.18. The van der Waals surface area contributed by atoms with E-state index in [-0.39, 0.29) is 16.9 Å². The van der Waals surface area contributed by atoms with Gasteiger partial charge in [-0.3, -0.25) is 0 Å². The number of alkyl halides is 1. The van der Waals surface area contributed by atoms with Crippen molar-refractivity contribution in [3.8, 4) is 0 Å². The van der Waals surface area contributed by atoms with E-state index in [2.05, 4.69) is 20.7 Å². The molecule has 0 saturated carbocycles. The fraction of sp³-hybridized carbons (Fsp3) is 0.571. The summed E-state index contributed by atoms with van der Waals surface area (Å²) in [5.41, 5.74) is 1.04. The lowest BCUT2D eigenvalue weighted by atomic mass is 10.1. The lowest BCUT2D eigenvalue weighted by Crippen LogP contribution is -2.41. The van der Waals surface area contributed by atoms with E-state index in [4.69, 9.17) is 4.74 Å². The molecule has 0 aromatic heterocycles. The van der Waals surface area contributed by atoms with E-state index in [0.29, 0.717) is 18.5 Å². The van der Waals surface area contributed by atoms with Gasteiger partial charge in [-0.2, -0.15) is 0 Å². The highest BCUT2D eigenvalue weighted by atomic mass is 79.9. The Morgan fingerprint density at radius 1 is 1.25 bits per heavy atom. The predicted octanol–water partition coefficient (Wildman–Crippen LogP) is 2.92. The van der Waals surface area contributed by atoms with Crippen molar-refractivity contribution >= 4 is 26.0 Å². The smallest absolute Gasteiger partial charge is 0.240 e. The predicted molar refractivity (Wildman–Crippen MR) is 84.5 cm³/mol. The van der Waals surface area contributed by atoms with Crippen molar-refractivity contribution in [3.63, 3.8) is 0 Å². The van der Waals surface area contributed by atoms with Crippen LogP contribution < -0.4 is 4.72 Å². The average molecular weight is 364 g/mol. The van der Waals surface area contributed by atoms with E-state index >= 15 is 0 Å². The molecule has 0 fully saturated rings. The third kappa shape index (κ3) is 5.16. The summed E-state index contributed by atoms with van der Waals surface area (Å²) < 4.78 is 32.7. The molecule has 1 aromatic carbocycles. The first-order valence-corrected chi connectivity index (χ1v) is 9.26. The zero-order chi connectivity index (χ0) is 15.2. The number of nitrogens with one attached hydrogen (secondary N) is 1. The highest BCUT2D eigenvalue weighted by Crippen LogP contribution is 2.14. The van der Waals surface area contributed by atoms with Gasteiger partial charge in [-0.15, -0.1) is 0 Å². The molecular weight excluding hydrogens is 342 g/mol. The minimum Gasteiger partial charge on any atom is -0.380 e. The molecule has 0 aliphatic rings. The Morgan fingerprint density at radius 3 is 2.30 bits per heavy atom. The molecule has 1 N–H and O–H groups in total. The summed E-state index contributed by atoms with van der Waals surface area (Å²) in [5, 5.41) is 0.708. The second-order valence-electron chi connectivity index (χ2n) is 4.91. The maximum absolute atomic E-state index is 12.3. The van der Waals surface area contributed by atoms with Crippen LogP contribution in [0.5, 0.6) is 0 Å². The first-order chi connectivity index (χ1) is 9.40. The SMILES string of the molecule is CCOCC(NS(=O)(=O)c1ccc(CBr)cc1)C(C)C. The molecule has 0 aliphatic heterocycles. The van der Waals surface area contributed by atoms with E-state index in [1.165, 1.54) is 0 Å². The van der Waals surface area contributed by atoms with Gasteiger partial charge in [0.2, 0.25) is 10.0 Å². The monoisotopic (exact) mass is 363 g/mol. The summed E-state index contributed by atoms with van der Waals surface area (Å²) in [5.74, 6) is 0.165. The Morgan fingerprint density at radius 2 is 1.85 bits per heavy atom. The van der Waals surface area contributed by atoms with Crippen LogP contribution in [0.2, 0.25) is 0 Å². The van der Waals surface area contributed by atoms with Crippen molar-refractivity contribution in [1.29, 1.82) is 0 Å². The minimum atomic E-state index is -3.51. The number of halogens is 1. The standard InChI is InChI=1S/C14H22BrNO3S/c1-4-19-10-14(11(2)3)16-20(17,18)13-7-5-12(9-15)6-8-13/h5-8,11,14,16H,4,9-10H2,1-3H3.